The van der Waals surface area contributed by atoms with Crippen molar-refractivity contribution in [1.82, 2.24) is 5.32 Å². The number of hydrogen-bond acceptors (Lipinski definition) is 2. The van der Waals surface area contributed by atoms with Crippen molar-refractivity contribution in [1.29, 1.82) is 0 Å². The van der Waals surface area contributed by atoms with E-state index >= 15 is 0 Å². The van der Waals surface area contributed by atoms with E-state index in [0.29, 0.717) is 19.6 Å². The van der Waals surface area contributed by atoms with E-state index in [1.54, 1.807) is 0 Å². The molecule has 1 N–H and O–H groups in total. The van der Waals surface area contributed by atoms with Gasteiger partial charge in [0.25, 0.3) is 0 Å². The Morgan fingerprint density at radius 2 is 2.06 bits per heavy atom. The molecule has 1 aromatic carbocycles. The van der Waals surface area contributed by atoms with Crippen LogP contribution in [0.2, 0.25) is 0 Å². The first-order chi connectivity index (χ1) is 8.72. The highest BCUT2D eigenvalue weighted by atomic mass is 16.5. The number of amides is 1. The average molecular weight is 249 g/mol. The molecule has 1 aromatic rings. The molecule has 0 saturated heterocycles. The number of carbonyl (C=O) groups excluding carboxylic acids is 1. The molecular weight excluding hydrogens is 226 g/mol. The number of carbonyl (C=O) groups is 1. The highest BCUT2D eigenvalue weighted by Crippen LogP contribution is 2.04. The highest BCUT2D eigenvalue weighted by molar-refractivity contribution is 5.76. The second kappa shape index (κ2) is 8.70. The zero-order chi connectivity index (χ0) is 13.2. The zero-order valence-corrected chi connectivity index (χ0v) is 11.3. The third kappa shape index (κ3) is 6.40. The Morgan fingerprint density at radius 3 is 2.72 bits per heavy atom. The van der Waals surface area contributed by atoms with E-state index < -0.39 is 0 Å². The molecule has 1 atom stereocenters. The number of nitrogens with one attached hydrogen (secondary N) is 1. The zero-order valence-electron chi connectivity index (χ0n) is 11.3. The standard InChI is InChI=1S/C15H23NO2/c1-3-18-12-11-15(17)16-13(2)9-10-14-7-5-4-6-8-14/h4-8,13H,3,9-12H2,1-2H3,(H,16,17)/t13-/m0/s1. The smallest absolute Gasteiger partial charge is 0.222 e. The summed E-state index contributed by atoms with van der Waals surface area (Å²) in [5.41, 5.74) is 1.31. The summed E-state index contributed by atoms with van der Waals surface area (Å²) in [7, 11) is 0. The Bertz CT molecular complexity index is 338. The third-order valence-corrected chi connectivity index (χ3v) is 2.79. The molecule has 3 nitrogen and oxygen atoms in total. The topological polar surface area (TPSA) is 38.3 Å². The van der Waals surface area contributed by atoms with E-state index in [-0.39, 0.29) is 11.9 Å². The summed E-state index contributed by atoms with van der Waals surface area (Å²) < 4.78 is 5.15. The number of aryl methyl sites for hydroxylation is 1. The number of ether oxygens (including phenoxy) is 1. The van der Waals surface area contributed by atoms with Crippen molar-refractivity contribution in [2.45, 2.75) is 39.2 Å². The monoisotopic (exact) mass is 249 g/mol. The van der Waals surface area contributed by atoms with Gasteiger partial charge in [-0.3, -0.25) is 4.79 Å². The molecule has 0 bridgehead atoms. The summed E-state index contributed by atoms with van der Waals surface area (Å²) in [6.45, 7) is 5.15. The van der Waals surface area contributed by atoms with Crippen LogP contribution in [0.3, 0.4) is 0 Å². The first kappa shape index (κ1) is 14.7. The van der Waals surface area contributed by atoms with Crippen LogP contribution < -0.4 is 5.32 Å². The molecule has 100 valence electrons. The summed E-state index contributed by atoms with van der Waals surface area (Å²) in [5.74, 6) is 0.0732. The van der Waals surface area contributed by atoms with Crippen molar-refractivity contribution >= 4 is 5.91 Å². The molecule has 1 amide bonds. The molecule has 0 unspecified atom stereocenters. The van der Waals surface area contributed by atoms with E-state index in [4.69, 9.17) is 4.74 Å². The molecule has 0 spiro atoms. The summed E-state index contributed by atoms with van der Waals surface area (Å²) in [6, 6.07) is 10.5. The molecule has 0 fully saturated rings. The fourth-order valence-electron chi connectivity index (χ4n) is 1.76. The first-order valence-electron chi connectivity index (χ1n) is 6.63. The largest absolute Gasteiger partial charge is 0.381 e. The van der Waals surface area contributed by atoms with Crippen LogP contribution in [-0.4, -0.2) is 25.2 Å². The Balaban J connectivity index is 2.17. The van der Waals surface area contributed by atoms with Gasteiger partial charge in [0.1, 0.15) is 0 Å². The minimum Gasteiger partial charge on any atom is -0.381 e. The maximum absolute atomic E-state index is 11.5. The van der Waals surface area contributed by atoms with Crippen LogP contribution in [0.15, 0.2) is 30.3 Å². The maximum atomic E-state index is 11.5. The second-order valence-electron chi connectivity index (χ2n) is 4.44. The average Bonchev–Trinajstić information content (AvgIpc) is 2.38. The fourth-order valence-corrected chi connectivity index (χ4v) is 1.76. The van der Waals surface area contributed by atoms with Crippen LogP contribution in [0.5, 0.6) is 0 Å². The number of benzene rings is 1. The number of hydrogen-bond donors (Lipinski definition) is 1. The Morgan fingerprint density at radius 1 is 1.33 bits per heavy atom. The van der Waals surface area contributed by atoms with Crippen molar-refractivity contribution in [3.63, 3.8) is 0 Å². The van der Waals surface area contributed by atoms with Crippen LogP contribution in [0.1, 0.15) is 32.3 Å². The van der Waals surface area contributed by atoms with Gasteiger partial charge >= 0.3 is 0 Å². The van der Waals surface area contributed by atoms with Crippen molar-refractivity contribution in [2.75, 3.05) is 13.2 Å². The summed E-state index contributed by atoms with van der Waals surface area (Å²) in [5, 5.41) is 2.99. The van der Waals surface area contributed by atoms with Gasteiger partial charge in [-0.2, -0.15) is 0 Å². The fraction of sp³-hybridized carbons (Fsp3) is 0.533. The molecule has 0 aliphatic carbocycles. The molecule has 3 heteroatoms. The Labute approximate surface area is 110 Å². The first-order valence-corrected chi connectivity index (χ1v) is 6.63. The van der Waals surface area contributed by atoms with E-state index in [1.807, 2.05) is 32.0 Å². The van der Waals surface area contributed by atoms with Gasteiger partial charge in [-0.15, -0.1) is 0 Å². The van der Waals surface area contributed by atoms with Gasteiger partial charge in [-0.05, 0) is 32.3 Å². The van der Waals surface area contributed by atoms with Crippen LogP contribution in [-0.2, 0) is 16.0 Å². The minimum atomic E-state index is 0.0732. The summed E-state index contributed by atoms with van der Waals surface area (Å²) >= 11 is 0. The van der Waals surface area contributed by atoms with Gasteiger partial charge in [0.05, 0.1) is 6.61 Å². The second-order valence-corrected chi connectivity index (χ2v) is 4.44. The van der Waals surface area contributed by atoms with Gasteiger partial charge in [0.2, 0.25) is 5.91 Å². The van der Waals surface area contributed by atoms with Gasteiger partial charge in [0, 0.05) is 19.1 Å². The predicted octanol–water partition coefficient (Wildman–Crippen LogP) is 2.55. The lowest BCUT2D eigenvalue weighted by atomic mass is 10.1. The minimum absolute atomic E-state index is 0.0732. The lowest BCUT2D eigenvalue weighted by molar-refractivity contribution is -0.122. The van der Waals surface area contributed by atoms with Crippen molar-refractivity contribution in [2.24, 2.45) is 0 Å². The van der Waals surface area contributed by atoms with Crippen LogP contribution in [0, 0.1) is 0 Å². The molecular formula is C15H23NO2. The maximum Gasteiger partial charge on any atom is 0.222 e. The van der Waals surface area contributed by atoms with Gasteiger partial charge in [0.15, 0.2) is 0 Å². The third-order valence-electron chi connectivity index (χ3n) is 2.79. The molecule has 1 rings (SSSR count). The van der Waals surface area contributed by atoms with Gasteiger partial charge in [-0.25, -0.2) is 0 Å². The Kier molecular flexibility index (Phi) is 7.11. The normalized spacial score (nSPS) is 12.1. The van der Waals surface area contributed by atoms with E-state index in [0.717, 1.165) is 12.8 Å². The van der Waals surface area contributed by atoms with Gasteiger partial charge in [-0.1, -0.05) is 30.3 Å². The highest BCUT2D eigenvalue weighted by Gasteiger charge is 2.07. The molecule has 0 aliphatic heterocycles. The number of rotatable bonds is 8. The Hall–Kier alpha value is -1.35. The lowest BCUT2D eigenvalue weighted by Crippen LogP contribution is -2.33. The van der Waals surface area contributed by atoms with Crippen molar-refractivity contribution < 1.29 is 9.53 Å². The molecule has 0 heterocycles. The van der Waals surface area contributed by atoms with Crippen molar-refractivity contribution in [3.8, 4) is 0 Å². The predicted molar refractivity (Wildman–Crippen MR) is 73.5 cm³/mol. The van der Waals surface area contributed by atoms with E-state index in [1.165, 1.54) is 5.56 Å². The molecule has 18 heavy (non-hydrogen) atoms. The van der Waals surface area contributed by atoms with Crippen LogP contribution in [0.4, 0.5) is 0 Å². The quantitative estimate of drug-likeness (QED) is 0.719. The summed E-state index contributed by atoms with van der Waals surface area (Å²) in [4.78, 5) is 11.5. The molecule has 0 aromatic heterocycles. The van der Waals surface area contributed by atoms with Crippen LogP contribution >= 0.6 is 0 Å². The lowest BCUT2D eigenvalue weighted by Gasteiger charge is -2.13. The summed E-state index contributed by atoms with van der Waals surface area (Å²) in [6.07, 6.45) is 2.40. The van der Waals surface area contributed by atoms with E-state index in [2.05, 4.69) is 17.4 Å². The SMILES string of the molecule is CCOCCC(=O)N[C@@H](C)CCc1ccccc1. The molecule has 0 saturated carbocycles. The van der Waals surface area contributed by atoms with Crippen LogP contribution in [0.25, 0.3) is 0 Å². The van der Waals surface area contributed by atoms with E-state index in [9.17, 15) is 4.79 Å². The molecule has 0 radical (unpaired) electrons. The van der Waals surface area contributed by atoms with Crippen molar-refractivity contribution in [3.05, 3.63) is 35.9 Å². The van der Waals surface area contributed by atoms with Gasteiger partial charge < -0.3 is 10.1 Å². The molecule has 0 aliphatic rings.